The summed E-state index contributed by atoms with van der Waals surface area (Å²) in [5, 5.41) is 3.27. The first kappa shape index (κ1) is 21.1. The minimum absolute atomic E-state index is 0.00416. The van der Waals surface area contributed by atoms with Gasteiger partial charge in [0.1, 0.15) is 5.82 Å². The van der Waals surface area contributed by atoms with Crippen LogP contribution in [-0.4, -0.2) is 46.2 Å². The average molecular weight is 411 g/mol. The summed E-state index contributed by atoms with van der Waals surface area (Å²) >= 11 is 0. The molecule has 1 saturated heterocycles. The predicted octanol–water partition coefficient (Wildman–Crippen LogP) is 3.91. The molecule has 0 spiro atoms. The minimum Gasteiger partial charge on any atom is -0.370 e. The fourth-order valence-electron chi connectivity index (χ4n) is 4.95. The zero-order valence-electron chi connectivity index (χ0n) is 18.7. The topological polar surface area (TPSA) is 70.2 Å². The summed E-state index contributed by atoms with van der Waals surface area (Å²) < 4.78 is 5.18. The van der Waals surface area contributed by atoms with E-state index in [1.807, 2.05) is 6.20 Å². The maximum absolute atomic E-state index is 13.6. The fourth-order valence-corrected chi connectivity index (χ4v) is 4.95. The van der Waals surface area contributed by atoms with E-state index in [1.54, 1.807) is 7.11 Å². The number of ether oxygens (including phenoxy) is 1. The molecule has 1 aliphatic carbocycles. The Labute approximate surface area is 179 Å². The first-order chi connectivity index (χ1) is 14.4. The number of imidazole rings is 1. The van der Waals surface area contributed by atoms with Crippen molar-refractivity contribution in [3.63, 3.8) is 0 Å². The predicted molar refractivity (Wildman–Crippen MR) is 118 cm³/mol. The van der Waals surface area contributed by atoms with Crippen LogP contribution in [0.1, 0.15) is 58.0 Å². The Kier molecular flexibility index (Phi) is 5.73. The molecule has 1 amide bonds. The number of carbonyl (C=O) groups is 1. The van der Waals surface area contributed by atoms with Crippen molar-refractivity contribution in [3.8, 4) is 11.3 Å². The van der Waals surface area contributed by atoms with E-state index in [4.69, 9.17) is 9.72 Å². The average Bonchev–Trinajstić information content (AvgIpc) is 3.08. The van der Waals surface area contributed by atoms with Crippen molar-refractivity contribution >= 4 is 5.91 Å². The number of carbonyl (C=O) groups excluding carboxylic acids is 1. The van der Waals surface area contributed by atoms with Gasteiger partial charge in [0.2, 0.25) is 5.91 Å². The first-order valence-electron chi connectivity index (χ1n) is 11.1. The molecular weight excluding hydrogens is 376 g/mol. The number of methoxy groups -OCH3 is 1. The van der Waals surface area contributed by atoms with Gasteiger partial charge in [-0.25, -0.2) is 4.98 Å². The number of H-pyrrole nitrogens is 1. The lowest BCUT2D eigenvalue weighted by Crippen LogP contribution is -2.53. The Morgan fingerprint density at radius 1 is 1.37 bits per heavy atom. The number of nitrogens with zero attached hydrogens (tertiary/aromatic N) is 2. The monoisotopic (exact) mass is 410 g/mol. The van der Waals surface area contributed by atoms with E-state index in [1.165, 1.54) is 5.56 Å². The highest BCUT2D eigenvalue weighted by Crippen LogP contribution is 2.61. The second kappa shape index (κ2) is 8.16. The molecule has 0 bridgehead atoms. The number of piperidine rings is 1. The number of aryl methyl sites for hydroxylation is 1. The molecule has 30 heavy (non-hydrogen) atoms. The van der Waals surface area contributed by atoms with Crippen molar-refractivity contribution < 1.29 is 9.53 Å². The van der Waals surface area contributed by atoms with Gasteiger partial charge in [-0.3, -0.25) is 10.1 Å². The number of rotatable bonds is 8. The van der Waals surface area contributed by atoms with Crippen molar-refractivity contribution in [2.75, 3.05) is 13.8 Å². The summed E-state index contributed by atoms with van der Waals surface area (Å²) in [6.45, 7) is 8.90. The maximum atomic E-state index is 13.6. The molecule has 4 unspecified atom stereocenters. The van der Waals surface area contributed by atoms with Gasteiger partial charge in [0.25, 0.3) is 0 Å². The van der Waals surface area contributed by atoms with Gasteiger partial charge < -0.3 is 14.6 Å². The smallest absolute Gasteiger partial charge is 0.241 e. The highest BCUT2D eigenvalue weighted by atomic mass is 16.5. The molecular formula is C24H34N4O2. The van der Waals surface area contributed by atoms with Crippen molar-refractivity contribution in [2.24, 2.45) is 11.8 Å². The van der Waals surface area contributed by atoms with Crippen LogP contribution < -0.4 is 5.32 Å². The third-order valence-electron chi connectivity index (χ3n) is 6.95. The number of aromatic nitrogens is 2. The number of fused-ring (bicyclic) bond motifs is 1. The van der Waals surface area contributed by atoms with Crippen molar-refractivity contribution in [3.05, 3.63) is 41.9 Å². The van der Waals surface area contributed by atoms with E-state index < -0.39 is 0 Å². The lowest BCUT2D eigenvalue weighted by molar-refractivity contribution is -0.139. The lowest BCUT2D eigenvalue weighted by Gasteiger charge is -2.36. The minimum atomic E-state index is -0.264. The van der Waals surface area contributed by atoms with E-state index in [2.05, 4.69) is 67.2 Å². The molecule has 0 radical (unpaired) electrons. The van der Waals surface area contributed by atoms with E-state index in [9.17, 15) is 4.79 Å². The van der Waals surface area contributed by atoms with Crippen molar-refractivity contribution in [2.45, 2.75) is 64.6 Å². The summed E-state index contributed by atoms with van der Waals surface area (Å²) in [6.07, 6.45) is 4.98. The summed E-state index contributed by atoms with van der Waals surface area (Å²) in [6, 6.07) is 8.32. The SMILES string of the molecule is CCc1ccc(-c2cnc(C3CC4CC4(C)N3C(=O)C(NCOC)C(C)C)[nH]2)cc1. The van der Waals surface area contributed by atoms with Crippen LogP contribution in [0.15, 0.2) is 30.5 Å². The zero-order valence-corrected chi connectivity index (χ0v) is 18.7. The molecule has 1 aromatic carbocycles. The highest BCUT2D eigenvalue weighted by molar-refractivity contribution is 5.84. The number of hydrogen-bond acceptors (Lipinski definition) is 4. The molecule has 6 nitrogen and oxygen atoms in total. The molecule has 2 aliphatic rings. The molecule has 1 saturated carbocycles. The summed E-state index contributed by atoms with van der Waals surface area (Å²) in [5.74, 6) is 1.78. The number of aromatic amines is 1. The second-order valence-electron chi connectivity index (χ2n) is 9.31. The van der Waals surface area contributed by atoms with Crippen LogP contribution in [0.2, 0.25) is 0 Å². The maximum Gasteiger partial charge on any atom is 0.241 e. The Balaban J connectivity index is 1.59. The molecule has 2 aromatic rings. The van der Waals surface area contributed by atoms with Gasteiger partial charge in [-0.1, -0.05) is 45.0 Å². The third-order valence-corrected chi connectivity index (χ3v) is 6.95. The standard InChI is InChI=1S/C24H34N4O2/c1-6-16-7-9-17(10-8-16)19-13-25-22(27-19)20-11-18-12-24(18,4)28(20)23(29)21(15(2)3)26-14-30-5/h7-10,13,15,18,20-21,26H,6,11-12,14H2,1-5H3,(H,25,27). The van der Waals surface area contributed by atoms with Gasteiger partial charge >= 0.3 is 0 Å². The van der Waals surface area contributed by atoms with Crippen LogP contribution in [0, 0.1) is 11.8 Å². The number of nitrogens with one attached hydrogen (secondary N) is 2. The Morgan fingerprint density at radius 2 is 2.10 bits per heavy atom. The van der Waals surface area contributed by atoms with E-state index in [0.29, 0.717) is 12.6 Å². The first-order valence-corrected chi connectivity index (χ1v) is 11.1. The lowest BCUT2D eigenvalue weighted by atomic mass is 10.0. The Hall–Kier alpha value is -2.18. The molecule has 2 N–H and O–H groups in total. The number of hydrogen-bond donors (Lipinski definition) is 2. The molecule has 1 aromatic heterocycles. The fraction of sp³-hybridized carbons (Fsp3) is 0.583. The summed E-state index contributed by atoms with van der Waals surface area (Å²) in [7, 11) is 1.64. The number of amides is 1. The van der Waals surface area contributed by atoms with E-state index in [0.717, 1.165) is 36.3 Å². The van der Waals surface area contributed by atoms with Gasteiger partial charge in [-0.05, 0) is 49.1 Å². The van der Waals surface area contributed by atoms with Gasteiger partial charge in [-0.2, -0.15) is 0 Å². The van der Waals surface area contributed by atoms with Crippen LogP contribution in [0.5, 0.6) is 0 Å². The summed E-state index contributed by atoms with van der Waals surface area (Å²) in [5.41, 5.74) is 3.39. The second-order valence-corrected chi connectivity index (χ2v) is 9.31. The van der Waals surface area contributed by atoms with Gasteiger partial charge in [-0.15, -0.1) is 0 Å². The molecule has 4 rings (SSSR count). The van der Waals surface area contributed by atoms with Crippen LogP contribution in [-0.2, 0) is 16.0 Å². The normalized spacial score (nSPS) is 26.1. The molecule has 162 valence electrons. The molecule has 1 aliphatic heterocycles. The molecule has 6 heteroatoms. The van der Waals surface area contributed by atoms with Crippen LogP contribution in [0.25, 0.3) is 11.3 Å². The van der Waals surface area contributed by atoms with Gasteiger partial charge in [0.05, 0.1) is 30.7 Å². The van der Waals surface area contributed by atoms with Gasteiger partial charge in [0, 0.05) is 12.6 Å². The van der Waals surface area contributed by atoms with Crippen LogP contribution >= 0.6 is 0 Å². The van der Waals surface area contributed by atoms with Crippen molar-refractivity contribution in [1.29, 1.82) is 0 Å². The zero-order chi connectivity index (χ0) is 21.5. The highest BCUT2D eigenvalue weighted by Gasteiger charge is 2.65. The summed E-state index contributed by atoms with van der Waals surface area (Å²) in [4.78, 5) is 24.0. The quantitative estimate of drug-likeness (QED) is 0.648. The van der Waals surface area contributed by atoms with Crippen LogP contribution in [0.3, 0.4) is 0 Å². The molecule has 2 fully saturated rings. The number of benzene rings is 1. The third kappa shape index (κ3) is 3.67. The van der Waals surface area contributed by atoms with Gasteiger partial charge in [0.15, 0.2) is 0 Å². The Morgan fingerprint density at radius 3 is 2.73 bits per heavy atom. The van der Waals surface area contributed by atoms with E-state index in [-0.39, 0.29) is 29.4 Å². The molecule has 2 heterocycles. The Bertz CT molecular complexity index is 891. The van der Waals surface area contributed by atoms with E-state index >= 15 is 0 Å². The largest absolute Gasteiger partial charge is 0.370 e. The van der Waals surface area contributed by atoms with Crippen molar-refractivity contribution in [1.82, 2.24) is 20.2 Å². The van der Waals surface area contributed by atoms with Crippen LogP contribution in [0.4, 0.5) is 0 Å². The number of likely N-dealkylation sites (tertiary alicyclic amines) is 1. The molecule has 4 atom stereocenters.